The van der Waals surface area contributed by atoms with E-state index >= 15 is 0 Å². The summed E-state index contributed by atoms with van der Waals surface area (Å²) >= 11 is 2.79. The first-order valence-corrected chi connectivity index (χ1v) is 11.4. The summed E-state index contributed by atoms with van der Waals surface area (Å²) in [7, 11) is 0. The number of thiazole rings is 1. The fourth-order valence-corrected chi connectivity index (χ4v) is 4.72. The Labute approximate surface area is 183 Å². The Kier molecular flexibility index (Phi) is 7.76. The van der Waals surface area contributed by atoms with Crippen LogP contribution in [0.4, 0.5) is 4.39 Å². The number of hydrogen-bond acceptors (Lipinski definition) is 5. The fraction of sp³-hybridized carbons (Fsp3) is 0.261. The molecule has 2 aromatic carbocycles. The van der Waals surface area contributed by atoms with Crippen LogP contribution in [0.15, 0.2) is 57.9 Å². The third-order valence-electron chi connectivity index (χ3n) is 4.89. The van der Waals surface area contributed by atoms with Gasteiger partial charge in [-0.25, -0.2) is 4.39 Å². The van der Waals surface area contributed by atoms with Gasteiger partial charge in [0, 0.05) is 40.1 Å². The average molecular weight is 443 g/mol. The zero-order valence-corrected chi connectivity index (χ0v) is 18.5. The highest BCUT2D eigenvalue weighted by Crippen LogP contribution is 2.38. The molecule has 1 atom stereocenters. The van der Waals surface area contributed by atoms with E-state index in [0.717, 1.165) is 28.2 Å². The molecule has 0 aliphatic carbocycles. The Hall–Kier alpha value is -2.51. The highest BCUT2D eigenvalue weighted by atomic mass is 32.2. The third kappa shape index (κ3) is 5.34. The highest BCUT2D eigenvalue weighted by Gasteiger charge is 2.17. The molecule has 3 aromatic rings. The van der Waals surface area contributed by atoms with Crippen molar-refractivity contribution in [1.29, 1.82) is 0 Å². The van der Waals surface area contributed by atoms with Crippen molar-refractivity contribution < 1.29 is 14.0 Å². The van der Waals surface area contributed by atoms with Crippen LogP contribution in [-0.2, 0) is 6.42 Å². The lowest BCUT2D eigenvalue weighted by Gasteiger charge is -2.17. The van der Waals surface area contributed by atoms with Crippen LogP contribution in [0.5, 0.6) is 0 Å². The molecule has 0 aliphatic heterocycles. The molecular weight excluding hydrogens is 419 g/mol. The Morgan fingerprint density at radius 2 is 2.17 bits per heavy atom. The number of aromatic nitrogens is 1. The lowest BCUT2D eigenvalue weighted by atomic mass is 9.96. The number of aldehydes is 1. The van der Waals surface area contributed by atoms with E-state index in [2.05, 4.69) is 24.1 Å². The zero-order chi connectivity index (χ0) is 21.5. The summed E-state index contributed by atoms with van der Waals surface area (Å²) in [5, 5.41) is 2.94. The molecule has 0 saturated heterocycles. The minimum Gasteiger partial charge on any atom is -0.352 e. The number of rotatable bonds is 9. The van der Waals surface area contributed by atoms with Gasteiger partial charge in [-0.15, -0.1) is 11.3 Å². The Morgan fingerprint density at radius 1 is 1.33 bits per heavy atom. The van der Waals surface area contributed by atoms with Crippen molar-refractivity contribution in [3.05, 3.63) is 75.5 Å². The van der Waals surface area contributed by atoms with Gasteiger partial charge in [0.15, 0.2) is 6.29 Å². The number of carbonyl (C=O) groups is 2. The Balaban J connectivity index is 1.81. The zero-order valence-electron chi connectivity index (χ0n) is 16.9. The SMILES string of the molecule is CCC(C)c1cc(C(=O)NCCc2cncs2)ccc1Sc1c(F)cccc1C=O. The van der Waals surface area contributed by atoms with Crippen LogP contribution in [0.25, 0.3) is 0 Å². The van der Waals surface area contributed by atoms with E-state index < -0.39 is 5.82 Å². The molecule has 0 bridgehead atoms. The molecule has 0 spiro atoms. The van der Waals surface area contributed by atoms with E-state index in [9.17, 15) is 14.0 Å². The second-order valence-electron chi connectivity index (χ2n) is 6.91. The second-order valence-corrected chi connectivity index (χ2v) is 8.94. The topological polar surface area (TPSA) is 59.1 Å². The number of nitrogens with one attached hydrogen (secondary N) is 1. The lowest BCUT2D eigenvalue weighted by molar-refractivity contribution is 0.0953. The quantitative estimate of drug-likeness (QED) is 0.430. The average Bonchev–Trinajstić information content (AvgIpc) is 3.28. The monoisotopic (exact) mass is 442 g/mol. The van der Waals surface area contributed by atoms with E-state index in [1.165, 1.54) is 23.9 Å². The summed E-state index contributed by atoms with van der Waals surface area (Å²) in [6.45, 7) is 4.68. The molecule has 1 N–H and O–H groups in total. The third-order valence-corrected chi connectivity index (χ3v) is 6.96. The maximum atomic E-state index is 14.4. The molecule has 1 heterocycles. The van der Waals surface area contributed by atoms with Crippen molar-refractivity contribution in [2.24, 2.45) is 0 Å². The van der Waals surface area contributed by atoms with Gasteiger partial charge < -0.3 is 5.32 Å². The highest BCUT2D eigenvalue weighted by molar-refractivity contribution is 7.99. The van der Waals surface area contributed by atoms with Gasteiger partial charge in [-0.3, -0.25) is 14.6 Å². The van der Waals surface area contributed by atoms with E-state index in [1.807, 2.05) is 12.1 Å². The smallest absolute Gasteiger partial charge is 0.251 e. The molecule has 0 fully saturated rings. The maximum absolute atomic E-state index is 14.4. The number of nitrogens with zero attached hydrogens (tertiary/aromatic N) is 1. The molecule has 0 saturated carbocycles. The molecule has 4 nitrogen and oxygen atoms in total. The molecule has 0 aliphatic rings. The number of amides is 1. The van der Waals surface area contributed by atoms with Gasteiger partial charge >= 0.3 is 0 Å². The summed E-state index contributed by atoms with van der Waals surface area (Å²) in [6.07, 6.45) is 4.09. The predicted molar refractivity (Wildman–Crippen MR) is 119 cm³/mol. The van der Waals surface area contributed by atoms with Gasteiger partial charge in [0.25, 0.3) is 5.91 Å². The van der Waals surface area contributed by atoms with E-state index in [0.29, 0.717) is 28.9 Å². The van der Waals surface area contributed by atoms with E-state index in [-0.39, 0.29) is 11.8 Å². The van der Waals surface area contributed by atoms with Crippen LogP contribution in [0.2, 0.25) is 0 Å². The van der Waals surface area contributed by atoms with Crippen LogP contribution in [0, 0.1) is 5.82 Å². The minimum absolute atomic E-state index is 0.139. The number of carbonyl (C=O) groups excluding carboxylic acids is 2. The van der Waals surface area contributed by atoms with Crippen molar-refractivity contribution in [2.45, 2.75) is 42.4 Å². The molecular formula is C23H23FN2O2S2. The van der Waals surface area contributed by atoms with Crippen LogP contribution in [0.1, 0.15) is 57.3 Å². The number of hydrogen-bond donors (Lipinski definition) is 1. The predicted octanol–water partition coefficient (Wildman–Crippen LogP) is 5.73. The largest absolute Gasteiger partial charge is 0.352 e. The number of halogens is 1. The minimum atomic E-state index is -0.426. The molecule has 1 unspecified atom stereocenters. The fourth-order valence-electron chi connectivity index (χ4n) is 2.99. The standard InChI is InChI=1S/C23H23FN2O2S2/c1-3-15(2)19-11-16(23(28)26-10-9-18-12-25-14-29-18)7-8-21(19)30-22-17(13-27)5-4-6-20(22)24/h4-8,11-15H,3,9-10H2,1-2H3,(H,26,28). The van der Waals surface area contributed by atoms with Crippen molar-refractivity contribution in [3.8, 4) is 0 Å². The molecule has 3 rings (SSSR count). The van der Waals surface area contributed by atoms with Crippen molar-refractivity contribution in [3.63, 3.8) is 0 Å². The van der Waals surface area contributed by atoms with Crippen molar-refractivity contribution in [2.75, 3.05) is 6.54 Å². The van der Waals surface area contributed by atoms with Gasteiger partial charge in [-0.2, -0.15) is 0 Å². The Bertz CT molecular complexity index is 1020. The molecule has 1 aromatic heterocycles. The van der Waals surface area contributed by atoms with Gasteiger partial charge in [0.05, 0.1) is 10.4 Å². The van der Waals surface area contributed by atoms with Crippen LogP contribution < -0.4 is 5.32 Å². The maximum Gasteiger partial charge on any atom is 0.251 e. The van der Waals surface area contributed by atoms with Gasteiger partial charge in [0.1, 0.15) is 5.82 Å². The van der Waals surface area contributed by atoms with E-state index in [1.54, 1.807) is 35.2 Å². The molecule has 156 valence electrons. The first-order valence-electron chi connectivity index (χ1n) is 9.74. The lowest BCUT2D eigenvalue weighted by Crippen LogP contribution is -2.25. The van der Waals surface area contributed by atoms with Crippen LogP contribution >= 0.6 is 23.1 Å². The summed E-state index contributed by atoms with van der Waals surface area (Å²) in [6, 6.07) is 9.94. The van der Waals surface area contributed by atoms with Gasteiger partial charge in [0.2, 0.25) is 0 Å². The molecule has 30 heavy (non-hydrogen) atoms. The van der Waals surface area contributed by atoms with Gasteiger partial charge in [-0.05, 0) is 42.2 Å². The molecule has 0 radical (unpaired) electrons. The van der Waals surface area contributed by atoms with E-state index in [4.69, 9.17) is 0 Å². The normalized spacial score (nSPS) is 11.8. The molecule has 7 heteroatoms. The summed E-state index contributed by atoms with van der Waals surface area (Å²) in [5.41, 5.74) is 3.64. The van der Waals surface area contributed by atoms with Gasteiger partial charge in [-0.1, -0.05) is 37.7 Å². The summed E-state index contributed by atoms with van der Waals surface area (Å²) in [4.78, 5) is 30.3. The summed E-state index contributed by atoms with van der Waals surface area (Å²) < 4.78 is 14.4. The first kappa shape index (κ1) is 22.2. The second kappa shape index (κ2) is 10.5. The van der Waals surface area contributed by atoms with Crippen LogP contribution in [0.3, 0.4) is 0 Å². The Morgan fingerprint density at radius 3 is 2.87 bits per heavy atom. The van der Waals surface area contributed by atoms with Crippen molar-refractivity contribution in [1.82, 2.24) is 10.3 Å². The van der Waals surface area contributed by atoms with Crippen molar-refractivity contribution >= 4 is 35.3 Å². The summed E-state index contributed by atoms with van der Waals surface area (Å²) in [5.74, 6) is -0.381. The molecule has 1 amide bonds. The number of benzene rings is 2. The first-order chi connectivity index (χ1) is 14.5. The van der Waals surface area contributed by atoms with Crippen LogP contribution in [-0.4, -0.2) is 23.7 Å².